The summed E-state index contributed by atoms with van der Waals surface area (Å²) in [5.74, 6) is 0.0222. The van der Waals surface area contributed by atoms with Crippen LogP contribution in [0.1, 0.15) is 48.0 Å². The van der Waals surface area contributed by atoms with E-state index in [0.29, 0.717) is 4.88 Å². The number of carbonyl (C=O) groups excluding carboxylic acids is 1. The Bertz CT molecular complexity index is 399. The second kappa shape index (κ2) is 4.10. The number of aliphatic hydroxyl groups excluding tert-OH is 1. The zero-order valence-corrected chi connectivity index (χ0v) is 10.2. The van der Waals surface area contributed by atoms with Gasteiger partial charge in [0.15, 0.2) is 0 Å². The minimum absolute atomic E-state index is 0.00197. The van der Waals surface area contributed by atoms with Crippen molar-refractivity contribution in [3.63, 3.8) is 0 Å². The van der Waals surface area contributed by atoms with Crippen LogP contribution in [0.25, 0.3) is 0 Å². The third kappa shape index (κ3) is 2.08. The van der Waals surface area contributed by atoms with Crippen LogP contribution in [0.15, 0.2) is 0 Å². The molecule has 2 rings (SSSR count). The maximum atomic E-state index is 12.0. The maximum absolute atomic E-state index is 12.0. The minimum atomic E-state index is -0.380. The van der Waals surface area contributed by atoms with E-state index in [9.17, 15) is 4.79 Å². The van der Waals surface area contributed by atoms with Crippen LogP contribution in [0.2, 0.25) is 0 Å². The Balaban J connectivity index is 2.12. The summed E-state index contributed by atoms with van der Waals surface area (Å²) in [6, 6.07) is 0. The molecular weight excluding hydrogens is 226 g/mol. The third-order valence-electron chi connectivity index (χ3n) is 2.80. The lowest BCUT2D eigenvalue weighted by atomic mass is 10.1. The summed E-state index contributed by atoms with van der Waals surface area (Å²) < 4.78 is 3.81. The van der Waals surface area contributed by atoms with Gasteiger partial charge in [0.1, 0.15) is 4.88 Å². The van der Waals surface area contributed by atoms with Crippen LogP contribution in [0, 0.1) is 0 Å². The zero-order valence-electron chi connectivity index (χ0n) is 9.36. The van der Waals surface area contributed by atoms with Crippen LogP contribution < -0.4 is 5.32 Å². The van der Waals surface area contributed by atoms with E-state index in [1.165, 1.54) is 0 Å². The quantitative estimate of drug-likeness (QED) is 0.822. The van der Waals surface area contributed by atoms with Gasteiger partial charge in [-0.05, 0) is 30.3 Å². The van der Waals surface area contributed by atoms with Gasteiger partial charge in [-0.2, -0.15) is 0 Å². The number of carbonyl (C=O) groups is 1. The molecule has 0 unspecified atom stereocenters. The number of rotatable bonds is 4. The van der Waals surface area contributed by atoms with E-state index in [4.69, 9.17) is 5.11 Å². The van der Waals surface area contributed by atoms with Gasteiger partial charge in [-0.1, -0.05) is 18.3 Å². The molecule has 0 aliphatic heterocycles. The molecular formula is C10H15N3O2S. The number of aromatic nitrogens is 2. The van der Waals surface area contributed by atoms with E-state index in [0.717, 1.165) is 30.1 Å². The standard InChI is InChI=1S/C10H15N3O2S/c1-6(2)7-8(16-13-12-7)9(15)11-10(5-14)3-4-10/h6,14H,3-5H2,1-2H3,(H,11,15). The van der Waals surface area contributed by atoms with E-state index in [1.807, 2.05) is 13.8 Å². The first kappa shape index (κ1) is 11.5. The highest BCUT2D eigenvalue weighted by Crippen LogP contribution is 2.35. The Labute approximate surface area is 98.0 Å². The van der Waals surface area contributed by atoms with Crippen LogP contribution in [0.3, 0.4) is 0 Å². The average Bonchev–Trinajstić information content (AvgIpc) is 2.83. The van der Waals surface area contributed by atoms with Gasteiger partial charge in [-0.3, -0.25) is 4.79 Å². The number of hydrogen-bond donors (Lipinski definition) is 2. The first-order valence-corrected chi connectivity index (χ1v) is 6.11. The molecule has 2 N–H and O–H groups in total. The highest BCUT2D eigenvalue weighted by molar-refractivity contribution is 7.08. The molecule has 0 radical (unpaired) electrons. The van der Waals surface area contributed by atoms with Crippen molar-refractivity contribution >= 4 is 17.4 Å². The minimum Gasteiger partial charge on any atom is -0.394 e. The Morgan fingerprint density at radius 1 is 1.62 bits per heavy atom. The fourth-order valence-corrected chi connectivity index (χ4v) is 2.22. The van der Waals surface area contributed by atoms with Gasteiger partial charge in [0, 0.05) is 0 Å². The summed E-state index contributed by atoms with van der Waals surface area (Å²) in [5.41, 5.74) is 0.353. The molecule has 1 aromatic heterocycles. The lowest BCUT2D eigenvalue weighted by molar-refractivity contribution is 0.0909. The van der Waals surface area contributed by atoms with Gasteiger partial charge in [-0.15, -0.1) is 5.10 Å². The Kier molecular flexibility index (Phi) is 2.94. The molecule has 0 aromatic carbocycles. The molecule has 0 spiro atoms. The smallest absolute Gasteiger partial charge is 0.265 e. The van der Waals surface area contributed by atoms with Crippen LogP contribution in [-0.4, -0.2) is 32.7 Å². The summed E-state index contributed by atoms with van der Waals surface area (Å²) in [4.78, 5) is 12.5. The van der Waals surface area contributed by atoms with Crippen molar-refractivity contribution in [1.29, 1.82) is 0 Å². The second-order valence-corrected chi connectivity index (χ2v) is 5.29. The van der Waals surface area contributed by atoms with E-state index in [-0.39, 0.29) is 24.0 Å². The van der Waals surface area contributed by atoms with Gasteiger partial charge in [0.2, 0.25) is 0 Å². The van der Waals surface area contributed by atoms with Crippen molar-refractivity contribution in [1.82, 2.24) is 14.9 Å². The van der Waals surface area contributed by atoms with Gasteiger partial charge in [0.05, 0.1) is 17.8 Å². The second-order valence-electron chi connectivity index (χ2n) is 4.53. The van der Waals surface area contributed by atoms with Crippen LogP contribution in [-0.2, 0) is 0 Å². The molecule has 5 nitrogen and oxygen atoms in total. The zero-order chi connectivity index (χ0) is 11.8. The molecule has 1 aliphatic carbocycles. The van der Waals surface area contributed by atoms with E-state index in [2.05, 4.69) is 14.9 Å². The lowest BCUT2D eigenvalue weighted by Crippen LogP contribution is -2.39. The summed E-state index contributed by atoms with van der Waals surface area (Å²) in [6.45, 7) is 3.96. The van der Waals surface area contributed by atoms with E-state index in [1.54, 1.807) is 0 Å². The number of nitrogens with zero attached hydrogens (tertiary/aromatic N) is 2. The van der Waals surface area contributed by atoms with Gasteiger partial charge >= 0.3 is 0 Å². The number of nitrogens with one attached hydrogen (secondary N) is 1. The van der Waals surface area contributed by atoms with Crippen LogP contribution in [0.4, 0.5) is 0 Å². The maximum Gasteiger partial charge on any atom is 0.265 e. The van der Waals surface area contributed by atoms with Crippen molar-refractivity contribution < 1.29 is 9.90 Å². The van der Waals surface area contributed by atoms with Gasteiger partial charge < -0.3 is 10.4 Å². The SMILES string of the molecule is CC(C)c1nnsc1C(=O)NC1(CO)CC1. The van der Waals surface area contributed by atoms with Crippen LogP contribution >= 0.6 is 11.5 Å². The van der Waals surface area contributed by atoms with Gasteiger partial charge in [0.25, 0.3) is 5.91 Å². The molecule has 0 atom stereocenters. The average molecular weight is 241 g/mol. The molecule has 88 valence electrons. The van der Waals surface area contributed by atoms with Crippen molar-refractivity contribution in [2.45, 2.75) is 38.1 Å². The fourth-order valence-electron chi connectivity index (χ4n) is 1.50. The third-order valence-corrected chi connectivity index (χ3v) is 3.54. The molecule has 1 aliphatic rings. The van der Waals surface area contributed by atoms with Crippen LogP contribution in [0.5, 0.6) is 0 Å². The lowest BCUT2D eigenvalue weighted by Gasteiger charge is -2.13. The molecule has 1 aromatic rings. The fraction of sp³-hybridized carbons (Fsp3) is 0.700. The molecule has 16 heavy (non-hydrogen) atoms. The predicted molar refractivity (Wildman–Crippen MR) is 60.5 cm³/mol. The number of hydrogen-bond acceptors (Lipinski definition) is 5. The Morgan fingerprint density at radius 3 is 2.81 bits per heavy atom. The summed E-state index contributed by atoms with van der Waals surface area (Å²) in [7, 11) is 0. The molecule has 1 fully saturated rings. The first-order chi connectivity index (χ1) is 7.58. The summed E-state index contributed by atoms with van der Waals surface area (Å²) in [5, 5.41) is 16.0. The largest absolute Gasteiger partial charge is 0.394 e. The first-order valence-electron chi connectivity index (χ1n) is 5.33. The molecule has 6 heteroatoms. The normalized spacial score (nSPS) is 17.5. The highest BCUT2D eigenvalue weighted by atomic mass is 32.1. The highest BCUT2D eigenvalue weighted by Gasteiger charge is 2.44. The summed E-state index contributed by atoms with van der Waals surface area (Å²) in [6.07, 6.45) is 1.69. The molecule has 1 heterocycles. The van der Waals surface area contributed by atoms with Crippen molar-refractivity contribution in [2.24, 2.45) is 0 Å². The van der Waals surface area contributed by atoms with Crippen molar-refractivity contribution in [2.75, 3.05) is 6.61 Å². The molecule has 0 bridgehead atoms. The van der Waals surface area contributed by atoms with E-state index < -0.39 is 0 Å². The number of aliphatic hydroxyl groups is 1. The molecule has 1 amide bonds. The predicted octanol–water partition coefficient (Wildman–Crippen LogP) is 0.916. The van der Waals surface area contributed by atoms with E-state index >= 15 is 0 Å². The molecule has 1 saturated carbocycles. The number of amides is 1. The van der Waals surface area contributed by atoms with Crippen molar-refractivity contribution in [3.8, 4) is 0 Å². The van der Waals surface area contributed by atoms with Crippen molar-refractivity contribution in [3.05, 3.63) is 10.6 Å². The monoisotopic (exact) mass is 241 g/mol. The molecule has 0 saturated heterocycles. The summed E-state index contributed by atoms with van der Waals surface area (Å²) >= 11 is 1.11. The van der Waals surface area contributed by atoms with Gasteiger partial charge in [-0.25, -0.2) is 0 Å². The Morgan fingerprint density at radius 2 is 2.31 bits per heavy atom. The topological polar surface area (TPSA) is 75.1 Å². The Hall–Kier alpha value is -1.01.